The quantitative estimate of drug-likeness (QED) is 0.643. The van der Waals surface area contributed by atoms with Crippen molar-refractivity contribution in [3.8, 4) is 0 Å². The average Bonchev–Trinajstić information content (AvgIpc) is 2.52. The van der Waals surface area contributed by atoms with Crippen LogP contribution in [0.5, 0.6) is 0 Å². The fraction of sp³-hybridized carbons (Fsp3) is 0.368. The van der Waals surface area contributed by atoms with Gasteiger partial charge in [-0.1, -0.05) is 54.1 Å². The van der Waals surface area contributed by atoms with Crippen LogP contribution in [0.1, 0.15) is 26.3 Å². The third-order valence-electron chi connectivity index (χ3n) is 3.43. The summed E-state index contributed by atoms with van der Waals surface area (Å²) in [6, 6.07) is 12.6. The Balaban J connectivity index is 2.16. The fourth-order valence-corrected chi connectivity index (χ4v) is 2.51. The highest BCUT2D eigenvalue weighted by molar-refractivity contribution is 6.17. The van der Waals surface area contributed by atoms with Crippen LogP contribution in [0.15, 0.2) is 42.5 Å². The zero-order valence-corrected chi connectivity index (χ0v) is 15.3. The molecular formula is C19H22ClNO4. The molecule has 1 atom stereocenters. The molecule has 0 fully saturated rings. The monoisotopic (exact) mass is 363 g/mol. The number of fused-ring (bicyclic) bond motifs is 1. The first-order valence-corrected chi connectivity index (χ1v) is 8.52. The zero-order valence-electron chi connectivity index (χ0n) is 14.5. The van der Waals surface area contributed by atoms with E-state index in [2.05, 4.69) is 5.32 Å². The van der Waals surface area contributed by atoms with E-state index in [-0.39, 0.29) is 12.5 Å². The van der Waals surface area contributed by atoms with Crippen molar-refractivity contribution >= 4 is 34.4 Å². The highest BCUT2D eigenvalue weighted by atomic mass is 35.5. The van der Waals surface area contributed by atoms with Crippen molar-refractivity contribution in [2.45, 2.75) is 38.8 Å². The summed E-state index contributed by atoms with van der Waals surface area (Å²) in [7, 11) is 0. The molecule has 2 aromatic carbocycles. The van der Waals surface area contributed by atoms with Crippen molar-refractivity contribution in [3.63, 3.8) is 0 Å². The first-order valence-electron chi connectivity index (χ1n) is 7.98. The molecule has 1 N–H and O–H groups in total. The fourth-order valence-electron chi connectivity index (χ4n) is 2.40. The number of esters is 1. The van der Waals surface area contributed by atoms with E-state index in [1.54, 1.807) is 20.8 Å². The molecule has 0 radical (unpaired) electrons. The van der Waals surface area contributed by atoms with Crippen LogP contribution in [0.3, 0.4) is 0 Å². The second-order valence-electron chi connectivity index (χ2n) is 6.66. The van der Waals surface area contributed by atoms with Crippen LogP contribution in [0.2, 0.25) is 0 Å². The third kappa shape index (κ3) is 5.94. The average molecular weight is 364 g/mol. The summed E-state index contributed by atoms with van der Waals surface area (Å²) in [5, 5.41) is 4.72. The summed E-state index contributed by atoms with van der Waals surface area (Å²) in [6.45, 7) is 5.26. The minimum absolute atomic E-state index is 0.275. The first kappa shape index (κ1) is 19.1. The molecule has 0 saturated heterocycles. The molecule has 5 nitrogen and oxygen atoms in total. The molecule has 0 aromatic heterocycles. The molecule has 0 heterocycles. The minimum atomic E-state index is -0.880. The van der Waals surface area contributed by atoms with Crippen molar-refractivity contribution in [1.29, 1.82) is 0 Å². The second kappa shape index (κ2) is 8.21. The molecule has 0 aliphatic carbocycles. The molecule has 25 heavy (non-hydrogen) atoms. The third-order valence-corrected chi connectivity index (χ3v) is 3.54. The number of ether oxygens (including phenoxy) is 2. The van der Waals surface area contributed by atoms with Crippen LogP contribution in [0, 0.1) is 0 Å². The predicted molar refractivity (Wildman–Crippen MR) is 97.6 cm³/mol. The van der Waals surface area contributed by atoms with Gasteiger partial charge in [0.15, 0.2) is 6.07 Å². The first-order chi connectivity index (χ1) is 11.8. The highest BCUT2D eigenvalue weighted by Gasteiger charge is 2.25. The van der Waals surface area contributed by atoms with E-state index in [1.807, 2.05) is 42.5 Å². The van der Waals surface area contributed by atoms with Gasteiger partial charge in [-0.2, -0.15) is 0 Å². The lowest BCUT2D eigenvalue weighted by Gasteiger charge is -2.23. The molecule has 1 unspecified atom stereocenters. The smallest absolute Gasteiger partial charge is 0.408 e. The highest BCUT2D eigenvalue weighted by Crippen LogP contribution is 2.17. The van der Waals surface area contributed by atoms with Gasteiger partial charge in [0.2, 0.25) is 0 Å². The Morgan fingerprint density at radius 2 is 1.80 bits per heavy atom. The van der Waals surface area contributed by atoms with Gasteiger partial charge in [-0.05, 0) is 37.1 Å². The Morgan fingerprint density at radius 1 is 1.12 bits per heavy atom. The Labute approximate surface area is 152 Å². The van der Waals surface area contributed by atoms with E-state index in [4.69, 9.17) is 21.1 Å². The van der Waals surface area contributed by atoms with E-state index >= 15 is 0 Å². The molecule has 0 saturated carbocycles. The molecule has 2 rings (SSSR count). The number of hydrogen-bond acceptors (Lipinski definition) is 4. The van der Waals surface area contributed by atoms with Crippen molar-refractivity contribution in [2.75, 3.05) is 6.07 Å². The summed E-state index contributed by atoms with van der Waals surface area (Å²) in [6.07, 6.45) is -0.399. The number of carbonyl (C=O) groups is 2. The van der Waals surface area contributed by atoms with Crippen LogP contribution in [-0.2, 0) is 20.7 Å². The maximum atomic E-state index is 12.1. The lowest BCUT2D eigenvalue weighted by Crippen LogP contribution is -2.45. The maximum Gasteiger partial charge on any atom is 0.408 e. The topological polar surface area (TPSA) is 64.6 Å². The van der Waals surface area contributed by atoms with Crippen LogP contribution in [0.25, 0.3) is 10.8 Å². The molecule has 6 heteroatoms. The lowest BCUT2D eigenvalue weighted by atomic mass is 10.0. The number of amides is 1. The number of halogens is 1. The van der Waals surface area contributed by atoms with Crippen LogP contribution in [-0.4, -0.2) is 29.8 Å². The lowest BCUT2D eigenvalue weighted by molar-refractivity contribution is -0.144. The molecular weight excluding hydrogens is 342 g/mol. The van der Waals surface area contributed by atoms with Crippen LogP contribution in [0.4, 0.5) is 4.79 Å². The Bertz CT molecular complexity index is 754. The van der Waals surface area contributed by atoms with Crippen LogP contribution >= 0.6 is 11.6 Å². The molecule has 0 bridgehead atoms. The summed E-state index contributed by atoms with van der Waals surface area (Å²) in [5.41, 5.74) is 0.236. The molecule has 0 spiro atoms. The van der Waals surface area contributed by atoms with Gasteiger partial charge in [-0.3, -0.25) is 0 Å². The predicted octanol–water partition coefficient (Wildman–Crippen LogP) is 4.02. The van der Waals surface area contributed by atoms with Crippen molar-refractivity contribution in [3.05, 3.63) is 48.0 Å². The molecule has 134 valence electrons. The Hall–Kier alpha value is -2.27. The molecule has 0 aliphatic heterocycles. The van der Waals surface area contributed by atoms with Gasteiger partial charge in [0.05, 0.1) is 0 Å². The minimum Gasteiger partial charge on any atom is -0.448 e. The SMILES string of the molecule is CC(C)(C)OC(=O)NC(Cc1ccc2ccccc2c1)C(=O)OCCl. The zero-order chi connectivity index (χ0) is 18.4. The van der Waals surface area contributed by atoms with E-state index in [1.165, 1.54) is 0 Å². The summed E-state index contributed by atoms with van der Waals surface area (Å²) in [5.74, 6) is -0.603. The summed E-state index contributed by atoms with van der Waals surface area (Å²) < 4.78 is 10.1. The van der Waals surface area contributed by atoms with Crippen molar-refractivity contribution < 1.29 is 19.1 Å². The Kier molecular flexibility index (Phi) is 6.26. The number of nitrogens with one attached hydrogen (secondary N) is 1. The van der Waals surface area contributed by atoms with Gasteiger partial charge in [0.25, 0.3) is 0 Å². The van der Waals surface area contributed by atoms with Gasteiger partial charge in [0.1, 0.15) is 11.6 Å². The van der Waals surface area contributed by atoms with E-state index in [0.717, 1.165) is 16.3 Å². The summed E-state index contributed by atoms with van der Waals surface area (Å²) >= 11 is 5.48. The van der Waals surface area contributed by atoms with Gasteiger partial charge >= 0.3 is 12.1 Å². The van der Waals surface area contributed by atoms with E-state index in [0.29, 0.717) is 0 Å². The number of hydrogen-bond donors (Lipinski definition) is 1. The van der Waals surface area contributed by atoms with Crippen LogP contribution < -0.4 is 5.32 Å². The Morgan fingerprint density at radius 3 is 2.44 bits per heavy atom. The van der Waals surface area contributed by atoms with Crippen molar-refractivity contribution in [2.24, 2.45) is 0 Å². The van der Waals surface area contributed by atoms with Gasteiger partial charge in [-0.25, -0.2) is 9.59 Å². The maximum absolute atomic E-state index is 12.1. The number of alkyl carbamates (subject to hydrolysis) is 1. The number of benzene rings is 2. The molecule has 1 amide bonds. The second-order valence-corrected chi connectivity index (χ2v) is 6.88. The number of rotatable bonds is 5. The standard InChI is InChI=1S/C19H22ClNO4/c1-19(2,3)25-18(23)21-16(17(22)24-12-20)11-13-8-9-14-6-4-5-7-15(14)10-13/h4-10,16H,11-12H2,1-3H3,(H,21,23). The largest absolute Gasteiger partial charge is 0.448 e. The van der Waals surface area contributed by atoms with Gasteiger partial charge < -0.3 is 14.8 Å². The van der Waals surface area contributed by atoms with E-state index < -0.39 is 23.7 Å². The molecule has 2 aromatic rings. The van der Waals surface area contributed by atoms with Crippen molar-refractivity contribution in [1.82, 2.24) is 5.32 Å². The normalized spacial score (nSPS) is 12.5. The van der Waals surface area contributed by atoms with Gasteiger partial charge in [-0.15, -0.1) is 0 Å². The number of carbonyl (C=O) groups excluding carboxylic acids is 2. The molecule has 0 aliphatic rings. The van der Waals surface area contributed by atoms with Gasteiger partial charge in [0, 0.05) is 6.42 Å². The summed E-state index contributed by atoms with van der Waals surface area (Å²) in [4.78, 5) is 24.1. The van der Waals surface area contributed by atoms with E-state index in [9.17, 15) is 9.59 Å². The number of alkyl halides is 1.